The van der Waals surface area contributed by atoms with Gasteiger partial charge in [-0.15, -0.1) is 0 Å². The number of benzene rings is 3. The van der Waals surface area contributed by atoms with Crippen molar-refractivity contribution in [2.45, 2.75) is 31.2 Å². The topological polar surface area (TPSA) is 126 Å². The van der Waals surface area contributed by atoms with Gasteiger partial charge in [-0.25, -0.2) is 9.59 Å². The van der Waals surface area contributed by atoms with Crippen molar-refractivity contribution >= 4 is 18.0 Å². The monoisotopic (exact) mass is 532 g/mol. The summed E-state index contributed by atoms with van der Waals surface area (Å²) in [6, 6.07) is 20.3. The van der Waals surface area contributed by atoms with Gasteiger partial charge in [0.1, 0.15) is 12.6 Å². The van der Waals surface area contributed by atoms with Gasteiger partial charge in [0.2, 0.25) is 5.91 Å². The average molecular weight is 533 g/mol. The number of rotatable bonds is 12. The molecule has 2 amide bonds. The Bertz CT molecular complexity index is 1290. The van der Waals surface area contributed by atoms with Crippen LogP contribution in [0, 0.1) is 0 Å². The number of nitrogens with one attached hydrogen (secondary N) is 1. The molecular formula is C30H32N2O7. The fraction of sp³-hybridized carbons (Fsp3) is 0.300. The van der Waals surface area contributed by atoms with Gasteiger partial charge < -0.3 is 30.0 Å². The lowest BCUT2D eigenvalue weighted by Crippen LogP contribution is -2.43. The maximum Gasteiger partial charge on any atom is 0.407 e. The second kappa shape index (κ2) is 12.8. The van der Waals surface area contributed by atoms with Crippen LogP contribution >= 0.6 is 0 Å². The Morgan fingerprint density at radius 3 is 2.13 bits per heavy atom. The summed E-state index contributed by atoms with van der Waals surface area (Å²) in [7, 11) is 3.09. The Kier molecular flexibility index (Phi) is 9.04. The first-order valence-electron chi connectivity index (χ1n) is 12.7. The third kappa shape index (κ3) is 6.67. The van der Waals surface area contributed by atoms with Crippen molar-refractivity contribution in [3.63, 3.8) is 0 Å². The molecule has 0 aliphatic heterocycles. The van der Waals surface area contributed by atoms with E-state index in [1.807, 2.05) is 54.6 Å². The molecule has 1 aliphatic rings. The highest BCUT2D eigenvalue weighted by Gasteiger charge is 2.30. The molecule has 1 aliphatic carbocycles. The predicted molar refractivity (Wildman–Crippen MR) is 145 cm³/mol. The molecule has 0 radical (unpaired) electrons. The highest BCUT2D eigenvalue weighted by Crippen LogP contribution is 2.44. The van der Waals surface area contributed by atoms with E-state index in [0.29, 0.717) is 17.9 Å². The molecule has 3 N–H and O–H groups in total. The predicted octanol–water partition coefficient (Wildman–Crippen LogP) is 3.96. The number of hydrogen-bond donors (Lipinski definition) is 2. The molecule has 0 saturated carbocycles. The van der Waals surface area contributed by atoms with Gasteiger partial charge in [0.05, 0.1) is 20.8 Å². The van der Waals surface area contributed by atoms with E-state index in [1.54, 1.807) is 26.4 Å². The van der Waals surface area contributed by atoms with Crippen molar-refractivity contribution in [1.29, 1.82) is 0 Å². The Morgan fingerprint density at radius 1 is 0.872 bits per heavy atom. The zero-order valence-corrected chi connectivity index (χ0v) is 22.0. The maximum atomic E-state index is 12.8. The first-order valence-corrected chi connectivity index (χ1v) is 12.7. The summed E-state index contributed by atoms with van der Waals surface area (Å²) in [6.45, 7) is 0.157. The summed E-state index contributed by atoms with van der Waals surface area (Å²) in [6.07, 6.45) is -0.462. The van der Waals surface area contributed by atoms with Crippen molar-refractivity contribution in [3.8, 4) is 22.6 Å². The van der Waals surface area contributed by atoms with Crippen LogP contribution in [0.5, 0.6) is 11.5 Å². The molecular weight excluding hydrogens is 500 g/mol. The van der Waals surface area contributed by atoms with Crippen molar-refractivity contribution in [3.05, 3.63) is 83.4 Å². The van der Waals surface area contributed by atoms with Crippen LogP contribution in [-0.4, -0.2) is 51.4 Å². The first-order chi connectivity index (χ1) is 18.9. The van der Waals surface area contributed by atoms with Gasteiger partial charge in [0, 0.05) is 18.8 Å². The van der Waals surface area contributed by atoms with Crippen LogP contribution in [0.2, 0.25) is 0 Å². The van der Waals surface area contributed by atoms with Crippen LogP contribution in [0.4, 0.5) is 4.79 Å². The van der Waals surface area contributed by atoms with Gasteiger partial charge in [-0.2, -0.15) is 0 Å². The van der Waals surface area contributed by atoms with Gasteiger partial charge in [0.25, 0.3) is 0 Å². The minimum atomic E-state index is -1.08. The van der Waals surface area contributed by atoms with Crippen LogP contribution < -0.4 is 20.5 Å². The van der Waals surface area contributed by atoms with E-state index in [2.05, 4.69) is 5.32 Å². The summed E-state index contributed by atoms with van der Waals surface area (Å²) in [5, 5.41) is 2.55. The Balaban J connectivity index is 1.34. The lowest BCUT2D eigenvalue weighted by Gasteiger charge is -2.19. The number of amides is 2. The molecule has 9 heteroatoms. The smallest absolute Gasteiger partial charge is 0.407 e. The van der Waals surface area contributed by atoms with Crippen LogP contribution in [0.3, 0.4) is 0 Å². The van der Waals surface area contributed by atoms with Crippen molar-refractivity contribution in [1.82, 2.24) is 5.32 Å². The molecule has 0 bridgehead atoms. The van der Waals surface area contributed by atoms with Crippen molar-refractivity contribution in [2.75, 3.05) is 27.4 Å². The van der Waals surface area contributed by atoms with Crippen molar-refractivity contribution in [2.24, 2.45) is 5.73 Å². The molecule has 39 heavy (non-hydrogen) atoms. The lowest BCUT2D eigenvalue weighted by atomic mass is 9.98. The molecule has 0 fully saturated rings. The largest absolute Gasteiger partial charge is 0.493 e. The van der Waals surface area contributed by atoms with E-state index in [9.17, 15) is 14.4 Å². The lowest BCUT2D eigenvalue weighted by molar-refractivity contribution is -0.146. The third-order valence-corrected chi connectivity index (χ3v) is 6.68. The van der Waals surface area contributed by atoms with Gasteiger partial charge in [-0.1, -0.05) is 54.6 Å². The van der Waals surface area contributed by atoms with Crippen LogP contribution in [0.15, 0.2) is 66.7 Å². The van der Waals surface area contributed by atoms with Crippen LogP contribution in [0.25, 0.3) is 11.1 Å². The van der Waals surface area contributed by atoms with E-state index >= 15 is 0 Å². The standard InChI is InChI=1S/C30H32N2O7/c1-36-26-13-11-19(17-27(26)37-2)15-16-38-29(34)25(12-14-28(31)33)32-30(35)39-18-24-22-9-5-3-7-20(22)21-8-4-6-10-23(21)24/h3-11,13,17,24-25H,12,14-16,18H2,1-2H3,(H2,31,33)(H,32,35)/t25-/m0/s1. The normalized spacial score (nSPS) is 12.6. The highest BCUT2D eigenvalue weighted by molar-refractivity contribution is 5.83. The summed E-state index contributed by atoms with van der Waals surface area (Å²) >= 11 is 0. The van der Waals surface area contributed by atoms with E-state index < -0.39 is 24.0 Å². The number of carbonyl (C=O) groups is 3. The Hall–Kier alpha value is -4.53. The summed E-state index contributed by atoms with van der Waals surface area (Å²) in [5.41, 5.74) is 10.5. The Morgan fingerprint density at radius 2 is 1.51 bits per heavy atom. The third-order valence-electron chi connectivity index (χ3n) is 6.68. The average Bonchev–Trinajstić information content (AvgIpc) is 3.27. The van der Waals surface area contributed by atoms with Gasteiger partial charge in [-0.05, 0) is 46.4 Å². The van der Waals surface area contributed by atoms with Gasteiger partial charge >= 0.3 is 12.1 Å². The SMILES string of the molecule is COc1ccc(CCOC(=O)[C@H](CCC(N)=O)NC(=O)OCC2c3ccccc3-c3ccccc32)cc1OC. The van der Waals surface area contributed by atoms with Crippen LogP contribution in [0.1, 0.15) is 35.4 Å². The van der Waals surface area contributed by atoms with E-state index in [4.69, 9.17) is 24.7 Å². The zero-order chi connectivity index (χ0) is 27.8. The molecule has 0 saturated heterocycles. The number of primary amides is 1. The molecule has 3 aromatic carbocycles. The molecule has 0 heterocycles. The second-order valence-electron chi connectivity index (χ2n) is 9.13. The number of nitrogens with two attached hydrogens (primary N) is 1. The van der Waals surface area contributed by atoms with Gasteiger partial charge in [-0.3, -0.25) is 4.79 Å². The van der Waals surface area contributed by atoms with E-state index in [1.165, 1.54) is 0 Å². The quantitative estimate of drug-likeness (QED) is 0.338. The molecule has 4 rings (SSSR count). The molecule has 0 spiro atoms. The first kappa shape index (κ1) is 27.5. The number of hydrogen-bond acceptors (Lipinski definition) is 7. The summed E-state index contributed by atoms with van der Waals surface area (Å²) < 4.78 is 21.5. The fourth-order valence-electron chi connectivity index (χ4n) is 4.72. The number of esters is 1. The summed E-state index contributed by atoms with van der Waals surface area (Å²) in [5.74, 6) is -0.229. The minimum absolute atomic E-state index is 0.00524. The number of carbonyl (C=O) groups excluding carboxylic acids is 3. The maximum absolute atomic E-state index is 12.8. The number of ether oxygens (including phenoxy) is 4. The molecule has 0 aromatic heterocycles. The minimum Gasteiger partial charge on any atom is -0.493 e. The summed E-state index contributed by atoms with van der Waals surface area (Å²) in [4.78, 5) is 36.9. The van der Waals surface area contributed by atoms with Gasteiger partial charge in [0.15, 0.2) is 11.5 Å². The Labute approximate surface area is 227 Å². The molecule has 1 atom stereocenters. The zero-order valence-electron chi connectivity index (χ0n) is 22.0. The molecule has 204 valence electrons. The molecule has 9 nitrogen and oxygen atoms in total. The molecule has 3 aromatic rings. The number of fused-ring (bicyclic) bond motifs is 3. The van der Waals surface area contributed by atoms with Crippen molar-refractivity contribution < 1.29 is 33.3 Å². The van der Waals surface area contributed by atoms with Crippen LogP contribution in [-0.2, 0) is 25.5 Å². The molecule has 0 unspecified atom stereocenters. The number of methoxy groups -OCH3 is 2. The van der Waals surface area contributed by atoms with E-state index in [-0.39, 0.29) is 32.0 Å². The highest BCUT2D eigenvalue weighted by atomic mass is 16.6. The van der Waals surface area contributed by atoms with E-state index in [0.717, 1.165) is 27.8 Å². The second-order valence-corrected chi connectivity index (χ2v) is 9.13. The fourth-order valence-corrected chi connectivity index (χ4v) is 4.72. The number of alkyl carbamates (subject to hydrolysis) is 1.